The standard InChI is InChI=1S/C20H21F3N4OS/c1-11-6-7-15(8-12(11)2)27-13(3)9-16(14(27)4)17(28)10-29-19-25-24-18(26(19)5)20(21,22)23/h6-9H,10H2,1-5H3. The third-order valence-corrected chi connectivity index (χ3v) is 5.92. The van der Waals surface area contributed by atoms with Crippen molar-refractivity contribution in [2.75, 3.05) is 5.75 Å². The van der Waals surface area contributed by atoms with Crippen molar-refractivity contribution in [2.45, 2.75) is 39.0 Å². The van der Waals surface area contributed by atoms with Crippen LogP contribution in [0.2, 0.25) is 0 Å². The third kappa shape index (κ3) is 4.10. The maximum atomic E-state index is 12.8. The average Bonchev–Trinajstić information content (AvgIpc) is 3.15. The molecule has 0 atom stereocenters. The fourth-order valence-electron chi connectivity index (χ4n) is 3.20. The second-order valence-corrected chi connectivity index (χ2v) is 7.91. The Labute approximate surface area is 170 Å². The molecule has 0 fully saturated rings. The van der Waals surface area contributed by atoms with Gasteiger partial charge in [0, 0.05) is 29.7 Å². The number of ketones is 1. The number of rotatable bonds is 5. The number of aromatic nitrogens is 4. The van der Waals surface area contributed by atoms with Gasteiger partial charge >= 0.3 is 6.18 Å². The van der Waals surface area contributed by atoms with Crippen LogP contribution < -0.4 is 0 Å². The number of hydrogen-bond donors (Lipinski definition) is 0. The first-order valence-electron chi connectivity index (χ1n) is 8.90. The molecule has 2 heterocycles. The molecule has 0 spiro atoms. The van der Waals surface area contributed by atoms with Crippen molar-refractivity contribution in [1.82, 2.24) is 19.3 Å². The summed E-state index contributed by atoms with van der Waals surface area (Å²) in [5, 5.41) is 6.79. The van der Waals surface area contributed by atoms with E-state index in [4.69, 9.17) is 0 Å². The minimum absolute atomic E-state index is 0.0267. The number of alkyl halides is 3. The lowest BCUT2D eigenvalue weighted by molar-refractivity contribution is -0.147. The van der Waals surface area contributed by atoms with Gasteiger partial charge in [-0.1, -0.05) is 17.8 Å². The fourth-order valence-corrected chi connectivity index (χ4v) is 4.00. The van der Waals surface area contributed by atoms with E-state index in [9.17, 15) is 18.0 Å². The number of aryl methyl sites for hydroxylation is 3. The van der Waals surface area contributed by atoms with Crippen LogP contribution in [-0.4, -0.2) is 30.9 Å². The number of hydrogen-bond acceptors (Lipinski definition) is 4. The third-order valence-electron chi connectivity index (χ3n) is 4.90. The van der Waals surface area contributed by atoms with Crippen LogP contribution in [0.3, 0.4) is 0 Å². The largest absolute Gasteiger partial charge is 0.451 e. The summed E-state index contributed by atoms with van der Waals surface area (Å²) in [6.45, 7) is 7.86. The monoisotopic (exact) mass is 422 g/mol. The molecule has 0 unspecified atom stereocenters. The molecule has 0 aliphatic heterocycles. The normalized spacial score (nSPS) is 11.9. The van der Waals surface area contributed by atoms with E-state index in [1.165, 1.54) is 12.6 Å². The van der Waals surface area contributed by atoms with Crippen LogP contribution in [0.5, 0.6) is 0 Å². The van der Waals surface area contributed by atoms with Gasteiger partial charge in [0.2, 0.25) is 5.82 Å². The smallest absolute Gasteiger partial charge is 0.318 e. The lowest BCUT2D eigenvalue weighted by Crippen LogP contribution is -2.13. The van der Waals surface area contributed by atoms with Gasteiger partial charge in [0.15, 0.2) is 10.9 Å². The zero-order valence-electron chi connectivity index (χ0n) is 16.8. The van der Waals surface area contributed by atoms with Gasteiger partial charge in [0.05, 0.1) is 5.75 Å². The molecule has 0 saturated heterocycles. The quantitative estimate of drug-likeness (QED) is 0.436. The van der Waals surface area contributed by atoms with Gasteiger partial charge in [0.1, 0.15) is 0 Å². The van der Waals surface area contributed by atoms with Crippen LogP contribution >= 0.6 is 11.8 Å². The van der Waals surface area contributed by atoms with E-state index in [2.05, 4.69) is 16.3 Å². The number of nitrogens with zero attached hydrogens (tertiary/aromatic N) is 4. The van der Waals surface area contributed by atoms with Gasteiger partial charge in [-0.05, 0) is 57.0 Å². The highest BCUT2D eigenvalue weighted by molar-refractivity contribution is 7.99. The molecule has 0 aliphatic rings. The molecule has 3 aromatic rings. The SMILES string of the molecule is Cc1ccc(-n2c(C)cc(C(=O)CSc3nnc(C(F)(F)F)n3C)c2C)cc1C. The highest BCUT2D eigenvalue weighted by atomic mass is 32.2. The zero-order valence-corrected chi connectivity index (χ0v) is 17.6. The Morgan fingerprint density at radius 2 is 1.76 bits per heavy atom. The Kier molecular flexibility index (Phi) is 5.62. The Morgan fingerprint density at radius 3 is 2.34 bits per heavy atom. The molecule has 0 N–H and O–H groups in total. The van der Waals surface area contributed by atoms with Gasteiger partial charge < -0.3 is 9.13 Å². The minimum Gasteiger partial charge on any atom is -0.318 e. The Balaban J connectivity index is 1.82. The first kappa shape index (κ1) is 21.2. The van der Waals surface area contributed by atoms with Crippen LogP contribution in [0.25, 0.3) is 5.69 Å². The van der Waals surface area contributed by atoms with Crippen LogP contribution in [0.15, 0.2) is 29.4 Å². The Morgan fingerprint density at radius 1 is 1.07 bits per heavy atom. The van der Waals surface area contributed by atoms with Crippen molar-refractivity contribution in [3.63, 3.8) is 0 Å². The summed E-state index contributed by atoms with van der Waals surface area (Å²) in [5.41, 5.74) is 5.57. The number of carbonyl (C=O) groups is 1. The van der Waals surface area contributed by atoms with E-state index < -0.39 is 12.0 Å². The topological polar surface area (TPSA) is 52.7 Å². The summed E-state index contributed by atoms with van der Waals surface area (Å²) in [6, 6.07) is 7.92. The van der Waals surface area contributed by atoms with E-state index in [0.717, 1.165) is 39.0 Å². The second kappa shape index (κ2) is 7.70. The predicted octanol–water partition coefficient (Wildman–Crippen LogP) is 4.83. The van der Waals surface area contributed by atoms with Crippen molar-refractivity contribution in [1.29, 1.82) is 0 Å². The maximum absolute atomic E-state index is 12.8. The summed E-state index contributed by atoms with van der Waals surface area (Å²) >= 11 is 0.942. The van der Waals surface area contributed by atoms with Crippen LogP contribution in [-0.2, 0) is 13.2 Å². The molecule has 3 rings (SSSR count). The fraction of sp³-hybridized carbons (Fsp3) is 0.350. The predicted molar refractivity (Wildman–Crippen MR) is 106 cm³/mol. The number of thioether (sulfide) groups is 1. The van der Waals surface area contributed by atoms with Gasteiger partial charge in [-0.2, -0.15) is 13.2 Å². The van der Waals surface area contributed by atoms with Crippen molar-refractivity contribution in [3.05, 3.63) is 58.2 Å². The molecule has 0 radical (unpaired) electrons. The van der Waals surface area contributed by atoms with Crippen molar-refractivity contribution in [3.8, 4) is 5.69 Å². The zero-order chi connectivity index (χ0) is 21.5. The Bertz CT molecular complexity index is 1080. The number of halogens is 3. The average molecular weight is 422 g/mol. The van der Waals surface area contributed by atoms with Gasteiger partial charge in [-0.3, -0.25) is 4.79 Å². The van der Waals surface area contributed by atoms with Crippen LogP contribution in [0.1, 0.15) is 38.7 Å². The number of carbonyl (C=O) groups excluding carboxylic acids is 1. The van der Waals surface area contributed by atoms with E-state index in [1.54, 1.807) is 0 Å². The molecule has 2 aromatic heterocycles. The lowest BCUT2D eigenvalue weighted by atomic mass is 10.1. The van der Waals surface area contributed by atoms with E-state index >= 15 is 0 Å². The number of Topliss-reactive ketones (excluding diaryl/α,β-unsaturated/α-hetero) is 1. The molecule has 154 valence electrons. The molecule has 0 amide bonds. The molecular formula is C20H21F3N4OS. The summed E-state index contributed by atoms with van der Waals surface area (Å²) < 4.78 is 41.4. The first-order chi connectivity index (χ1) is 13.5. The summed E-state index contributed by atoms with van der Waals surface area (Å²) in [4.78, 5) is 12.8. The van der Waals surface area contributed by atoms with Crippen molar-refractivity contribution < 1.29 is 18.0 Å². The molecule has 0 bridgehead atoms. The van der Waals surface area contributed by atoms with Crippen LogP contribution in [0.4, 0.5) is 13.2 Å². The molecule has 1 aromatic carbocycles. The molecule has 29 heavy (non-hydrogen) atoms. The summed E-state index contributed by atoms with van der Waals surface area (Å²) in [7, 11) is 1.24. The molecule has 0 saturated carbocycles. The molecule has 9 heteroatoms. The highest BCUT2D eigenvalue weighted by Crippen LogP contribution is 2.30. The van der Waals surface area contributed by atoms with Gasteiger partial charge in [-0.15, -0.1) is 10.2 Å². The van der Waals surface area contributed by atoms with E-state index in [1.807, 2.05) is 50.5 Å². The van der Waals surface area contributed by atoms with Gasteiger partial charge in [-0.25, -0.2) is 0 Å². The van der Waals surface area contributed by atoms with E-state index in [-0.39, 0.29) is 16.7 Å². The highest BCUT2D eigenvalue weighted by Gasteiger charge is 2.37. The molecule has 5 nitrogen and oxygen atoms in total. The summed E-state index contributed by atoms with van der Waals surface area (Å²) in [6.07, 6.45) is -4.58. The van der Waals surface area contributed by atoms with E-state index in [0.29, 0.717) is 5.56 Å². The van der Waals surface area contributed by atoms with Gasteiger partial charge in [0.25, 0.3) is 0 Å². The van der Waals surface area contributed by atoms with Crippen molar-refractivity contribution >= 4 is 17.5 Å². The Hall–Kier alpha value is -2.55. The molecule has 0 aliphatic carbocycles. The second-order valence-electron chi connectivity index (χ2n) is 6.96. The lowest BCUT2D eigenvalue weighted by Gasteiger charge is -2.12. The molecular weight excluding hydrogens is 401 g/mol. The maximum Gasteiger partial charge on any atom is 0.451 e. The van der Waals surface area contributed by atoms with Crippen molar-refractivity contribution in [2.24, 2.45) is 7.05 Å². The summed E-state index contributed by atoms with van der Waals surface area (Å²) in [5.74, 6) is -1.28. The minimum atomic E-state index is -4.58. The van der Waals surface area contributed by atoms with Crippen LogP contribution in [0, 0.1) is 27.7 Å². The first-order valence-corrected chi connectivity index (χ1v) is 9.88. The number of benzene rings is 1.